The van der Waals surface area contributed by atoms with Crippen molar-refractivity contribution < 1.29 is 0 Å². The number of hydrogen-bond donors (Lipinski definition) is 1. The first-order chi connectivity index (χ1) is 5.61. The summed E-state index contributed by atoms with van der Waals surface area (Å²) in [5, 5.41) is 0. The number of nitrogens with two attached hydrogens (primary N) is 1. The largest absolute Gasteiger partial charge is 0.326 e. The summed E-state index contributed by atoms with van der Waals surface area (Å²) >= 11 is 0. The average Bonchev–Trinajstić information content (AvgIpc) is 2.36. The maximum atomic E-state index is 6.02. The zero-order valence-corrected chi connectivity index (χ0v) is 8.59. The second-order valence-electron chi connectivity index (χ2n) is 4.39. The molecule has 2 atom stereocenters. The van der Waals surface area contributed by atoms with Crippen LogP contribution in [0.1, 0.15) is 33.6 Å². The molecule has 0 radical (unpaired) electrons. The van der Waals surface area contributed by atoms with E-state index in [4.69, 9.17) is 5.73 Å². The summed E-state index contributed by atoms with van der Waals surface area (Å²) in [4.78, 5) is 2.52. The molecule has 0 bridgehead atoms. The molecule has 1 fully saturated rings. The van der Waals surface area contributed by atoms with Crippen molar-refractivity contribution in [3.05, 3.63) is 0 Å². The Balaban J connectivity index is 2.30. The van der Waals surface area contributed by atoms with Crippen LogP contribution in [0.3, 0.4) is 0 Å². The first-order valence-corrected chi connectivity index (χ1v) is 5.11. The van der Waals surface area contributed by atoms with E-state index in [1.165, 1.54) is 19.4 Å². The van der Waals surface area contributed by atoms with Gasteiger partial charge < -0.3 is 5.73 Å². The van der Waals surface area contributed by atoms with Crippen LogP contribution >= 0.6 is 0 Å². The van der Waals surface area contributed by atoms with Crippen molar-refractivity contribution in [2.24, 2.45) is 11.7 Å². The molecule has 0 aromatic heterocycles. The third-order valence-corrected chi connectivity index (χ3v) is 2.99. The topological polar surface area (TPSA) is 29.3 Å². The molecule has 2 N–H and O–H groups in total. The quantitative estimate of drug-likeness (QED) is 0.694. The summed E-state index contributed by atoms with van der Waals surface area (Å²) in [6.45, 7) is 9.04. The van der Waals surface area contributed by atoms with E-state index in [2.05, 4.69) is 25.7 Å². The van der Waals surface area contributed by atoms with E-state index in [1.807, 2.05) is 0 Å². The minimum absolute atomic E-state index is 0.352. The average molecular weight is 170 g/mol. The van der Waals surface area contributed by atoms with E-state index in [1.54, 1.807) is 0 Å². The molecule has 2 nitrogen and oxygen atoms in total. The molecule has 0 aliphatic carbocycles. The van der Waals surface area contributed by atoms with Crippen molar-refractivity contribution in [2.45, 2.75) is 45.7 Å². The lowest BCUT2D eigenvalue weighted by Crippen LogP contribution is -2.41. The van der Waals surface area contributed by atoms with Crippen LogP contribution in [0.25, 0.3) is 0 Å². The highest BCUT2D eigenvalue weighted by atomic mass is 15.2. The van der Waals surface area contributed by atoms with Crippen molar-refractivity contribution in [3.63, 3.8) is 0 Å². The maximum Gasteiger partial charge on any atom is 0.0191 e. The lowest BCUT2D eigenvalue weighted by molar-refractivity contribution is 0.233. The van der Waals surface area contributed by atoms with Crippen LogP contribution in [0.4, 0.5) is 0 Å². The third kappa shape index (κ3) is 2.46. The Morgan fingerprint density at radius 2 is 2.17 bits per heavy atom. The van der Waals surface area contributed by atoms with Crippen molar-refractivity contribution in [2.75, 3.05) is 13.1 Å². The lowest BCUT2D eigenvalue weighted by atomic mass is 10.1. The SMILES string of the molecule is CC(C)[C@@H](N)CN1CCCC1C. The van der Waals surface area contributed by atoms with Gasteiger partial charge in [-0.1, -0.05) is 13.8 Å². The summed E-state index contributed by atoms with van der Waals surface area (Å²) in [6.07, 6.45) is 2.71. The van der Waals surface area contributed by atoms with Crippen LogP contribution in [0.15, 0.2) is 0 Å². The number of hydrogen-bond acceptors (Lipinski definition) is 2. The molecule has 0 saturated carbocycles. The molecule has 1 aliphatic heterocycles. The van der Waals surface area contributed by atoms with Crippen molar-refractivity contribution >= 4 is 0 Å². The fourth-order valence-corrected chi connectivity index (χ4v) is 1.75. The van der Waals surface area contributed by atoms with Gasteiger partial charge in [-0.15, -0.1) is 0 Å². The molecule has 1 rings (SSSR count). The van der Waals surface area contributed by atoms with Gasteiger partial charge >= 0.3 is 0 Å². The van der Waals surface area contributed by atoms with Gasteiger partial charge in [0.05, 0.1) is 0 Å². The first kappa shape index (κ1) is 10.0. The predicted octanol–water partition coefficient (Wildman–Crippen LogP) is 1.45. The van der Waals surface area contributed by atoms with Crippen LogP contribution in [0, 0.1) is 5.92 Å². The number of nitrogens with zero attached hydrogens (tertiary/aromatic N) is 1. The van der Waals surface area contributed by atoms with E-state index in [0.29, 0.717) is 12.0 Å². The van der Waals surface area contributed by atoms with Crippen LogP contribution in [-0.4, -0.2) is 30.1 Å². The van der Waals surface area contributed by atoms with Crippen LogP contribution in [-0.2, 0) is 0 Å². The number of rotatable bonds is 3. The molecule has 12 heavy (non-hydrogen) atoms. The summed E-state index contributed by atoms with van der Waals surface area (Å²) in [7, 11) is 0. The molecular formula is C10H22N2. The van der Waals surface area contributed by atoms with Gasteiger partial charge in [0.1, 0.15) is 0 Å². The van der Waals surface area contributed by atoms with E-state index < -0.39 is 0 Å². The Kier molecular flexibility index (Phi) is 3.53. The second kappa shape index (κ2) is 4.24. The third-order valence-electron chi connectivity index (χ3n) is 2.99. The molecule has 0 amide bonds. The molecule has 0 aromatic carbocycles. The Labute approximate surface area is 76.1 Å². The Hall–Kier alpha value is -0.0800. The zero-order chi connectivity index (χ0) is 9.14. The van der Waals surface area contributed by atoms with Gasteiger partial charge in [-0.05, 0) is 32.2 Å². The molecule has 0 aromatic rings. The van der Waals surface area contributed by atoms with E-state index in [0.717, 1.165) is 12.6 Å². The monoisotopic (exact) mass is 170 g/mol. The van der Waals surface area contributed by atoms with Crippen LogP contribution in [0.2, 0.25) is 0 Å². The smallest absolute Gasteiger partial charge is 0.0191 e. The molecule has 72 valence electrons. The maximum absolute atomic E-state index is 6.02. The summed E-state index contributed by atoms with van der Waals surface area (Å²) in [5.41, 5.74) is 6.02. The van der Waals surface area contributed by atoms with Gasteiger partial charge in [-0.3, -0.25) is 4.90 Å². The highest BCUT2D eigenvalue weighted by molar-refractivity contribution is 4.79. The highest BCUT2D eigenvalue weighted by Gasteiger charge is 2.22. The molecule has 1 unspecified atom stereocenters. The fourth-order valence-electron chi connectivity index (χ4n) is 1.75. The fraction of sp³-hybridized carbons (Fsp3) is 1.00. The molecular weight excluding hydrogens is 148 g/mol. The van der Waals surface area contributed by atoms with Gasteiger partial charge in [0.25, 0.3) is 0 Å². The minimum atomic E-state index is 0.352. The zero-order valence-electron chi connectivity index (χ0n) is 8.59. The summed E-state index contributed by atoms with van der Waals surface area (Å²) < 4.78 is 0. The van der Waals surface area contributed by atoms with Crippen LogP contribution < -0.4 is 5.73 Å². The molecule has 1 heterocycles. The Morgan fingerprint density at radius 1 is 1.50 bits per heavy atom. The Bertz CT molecular complexity index is 134. The standard InChI is InChI=1S/C10H22N2/c1-8(2)10(11)7-12-6-4-5-9(12)3/h8-10H,4-7,11H2,1-3H3/t9?,10-/m0/s1. The Morgan fingerprint density at radius 3 is 2.58 bits per heavy atom. The van der Waals surface area contributed by atoms with Gasteiger partial charge in [0.2, 0.25) is 0 Å². The van der Waals surface area contributed by atoms with Gasteiger partial charge in [0, 0.05) is 18.6 Å². The van der Waals surface area contributed by atoms with Crippen LogP contribution in [0.5, 0.6) is 0 Å². The van der Waals surface area contributed by atoms with Gasteiger partial charge in [0.15, 0.2) is 0 Å². The van der Waals surface area contributed by atoms with Crippen molar-refractivity contribution in [3.8, 4) is 0 Å². The highest BCUT2D eigenvalue weighted by Crippen LogP contribution is 2.17. The van der Waals surface area contributed by atoms with Gasteiger partial charge in [-0.25, -0.2) is 0 Å². The second-order valence-corrected chi connectivity index (χ2v) is 4.39. The lowest BCUT2D eigenvalue weighted by Gasteiger charge is -2.26. The van der Waals surface area contributed by atoms with Gasteiger partial charge in [-0.2, -0.15) is 0 Å². The molecule has 2 heteroatoms. The molecule has 1 saturated heterocycles. The normalized spacial score (nSPS) is 28.2. The molecule has 0 spiro atoms. The summed E-state index contributed by atoms with van der Waals surface area (Å²) in [6, 6.07) is 1.11. The van der Waals surface area contributed by atoms with E-state index >= 15 is 0 Å². The molecule has 1 aliphatic rings. The van der Waals surface area contributed by atoms with Crippen molar-refractivity contribution in [1.82, 2.24) is 4.90 Å². The summed E-state index contributed by atoms with van der Waals surface area (Å²) in [5.74, 6) is 0.609. The first-order valence-electron chi connectivity index (χ1n) is 5.11. The van der Waals surface area contributed by atoms with E-state index in [9.17, 15) is 0 Å². The minimum Gasteiger partial charge on any atom is -0.326 e. The predicted molar refractivity (Wildman–Crippen MR) is 53.1 cm³/mol. The van der Waals surface area contributed by atoms with Crippen molar-refractivity contribution in [1.29, 1.82) is 0 Å². The number of likely N-dealkylation sites (tertiary alicyclic amines) is 1. The van der Waals surface area contributed by atoms with E-state index in [-0.39, 0.29) is 0 Å².